The second-order valence-electron chi connectivity index (χ2n) is 11.0. The highest BCUT2D eigenvalue weighted by molar-refractivity contribution is 7.25. The Morgan fingerprint density at radius 2 is 0.976 bits per heavy atom. The van der Waals surface area contributed by atoms with Crippen LogP contribution in [0, 0.1) is 0 Å². The Morgan fingerprint density at radius 3 is 1.79 bits per heavy atom. The van der Waals surface area contributed by atoms with Gasteiger partial charge in [-0.15, -0.1) is 11.3 Å². The summed E-state index contributed by atoms with van der Waals surface area (Å²) in [5.74, 6) is 0. The van der Waals surface area contributed by atoms with Gasteiger partial charge in [0.15, 0.2) is 0 Å². The summed E-state index contributed by atoms with van der Waals surface area (Å²) in [4.78, 5) is 0. The molecule has 7 aromatic carbocycles. The summed E-state index contributed by atoms with van der Waals surface area (Å²) in [5, 5.41) is 7.82. The standard InChI is InChI=1S/C40H25NS/c1-2-9-31(10-3-1)41-36-21-19-29(25-35(36)40-32-11-5-4-8-28(32)18-22-37(40)41)26-14-16-27(17-15-26)30-20-23-39-34(24-30)33-12-6-7-13-38(33)42-39/h1-25H. The maximum absolute atomic E-state index is 2.40. The number of para-hydroxylation sites is 1. The third-order valence-electron chi connectivity index (χ3n) is 8.60. The first-order valence-corrected chi connectivity index (χ1v) is 15.2. The van der Waals surface area contributed by atoms with Crippen molar-refractivity contribution in [1.82, 2.24) is 4.57 Å². The van der Waals surface area contributed by atoms with Gasteiger partial charge >= 0.3 is 0 Å². The number of thiophene rings is 1. The quantitative estimate of drug-likeness (QED) is 0.206. The van der Waals surface area contributed by atoms with Crippen molar-refractivity contribution < 1.29 is 0 Å². The van der Waals surface area contributed by atoms with Crippen LogP contribution in [0.2, 0.25) is 0 Å². The predicted molar refractivity (Wildman–Crippen MR) is 182 cm³/mol. The first-order chi connectivity index (χ1) is 20.8. The van der Waals surface area contributed by atoms with Crippen LogP contribution in [-0.4, -0.2) is 4.57 Å². The molecule has 0 bridgehead atoms. The molecule has 2 heteroatoms. The predicted octanol–water partition coefficient (Wildman–Crippen LogP) is 11.6. The maximum Gasteiger partial charge on any atom is 0.0547 e. The molecule has 0 fully saturated rings. The van der Waals surface area contributed by atoms with Gasteiger partial charge in [-0.2, -0.15) is 0 Å². The molecule has 0 aliphatic rings. The molecule has 0 unspecified atom stereocenters. The zero-order valence-corrected chi connectivity index (χ0v) is 23.6. The molecular weight excluding hydrogens is 527 g/mol. The Balaban J connectivity index is 1.19. The topological polar surface area (TPSA) is 4.93 Å². The normalized spacial score (nSPS) is 11.8. The van der Waals surface area contributed by atoms with Gasteiger partial charge in [-0.25, -0.2) is 0 Å². The van der Waals surface area contributed by atoms with Crippen LogP contribution in [-0.2, 0) is 0 Å². The van der Waals surface area contributed by atoms with E-state index >= 15 is 0 Å². The van der Waals surface area contributed by atoms with E-state index in [4.69, 9.17) is 0 Å². The van der Waals surface area contributed by atoms with Crippen LogP contribution in [0.15, 0.2) is 152 Å². The molecule has 0 saturated heterocycles. The van der Waals surface area contributed by atoms with Crippen molar-refractivity contribution in [2.75, 3.05) is 0 Å². The van der Waals surface area contributed by atoms with E-state index in [9.17, 15) is 0 Å². The van der Waals surface area contributed by atoms with E-state index < -0.39 is 0 Å². The SMILES string of the molecule is c1ccc(-n2c3ccc(-c4ccc(-c5ccc6sc7ccccc7c6c5)cc4)cc3c3c4ccccc4ccc32)cc1. The van der Waals surface area contributed by atoms with Gasteiger partial charge in [0.05, 0.1) is 11.0 Å². The number of benzene rings is 7. The molecule has 196 valence electrons. The molecule has 9 aromatic rings. The Hall–Kier alpha value is -5.18. The molecule has 0 atom stereocenters. The summed E-state index contributed by atoms with van der Waals surface area (Å²) in [6.45, 7) is 0. The summed E-state index contributed by atoms with van der Waals surface area (Å²) in [6, 6.07) is 55.5. The van der Waals surface area contributed by atoms with E-state index in [1.54, 1.807) is 0 Å². The van der Waals surface area contributed by atoms with E-state index in [2.05, 4.69) is 156 Å². The van der Waals surface area contributed by atoms with Gasteiger partial charge in [0.2, 0.25) is 0 Å². The van der Waals surface area contributed by atoms with Gasteiger partial charge in [0.1, 0.15) is 0 Å². The smallest absolute Gasteiger partial charge is 0.0547 e. The highest BCUT2D eigenvalue weighted by Crippen LogP contribution is 2.40. The second kappa shape index (κ2) is 9.17. The van der Waals surface area contributed by atoms with Crippen molar-refractivity contribution in [3.8, 4) is 27.9 Å². The van der Waals surface area contributed by atoms with Crippen molar-refractivity contribution in [2.24, 2.45) is 0 Å². The summed E-state index contributed by atoms with van der Waals surface area (Å²) in [7, 11) is 0. The number of aromatic nitrogens is 1. The molecule has 0 spiro atoms. The largest absolute Gasteiger partial charge is 0.309 e. The van der Waals surface area contributed by atoms with Crippen molar-refractivity contribution in [1.29, 1.82) is 0 Å². The van der Waals surface area contributed by atoms with Gasteiger partial charge in [0, 0.05) is 36.6 Å². The Bertz CT molecular complexity index is 2440. The summed E-state index contributed by atoms with van der Waals surface area (Å²) < 4.78 is 5.08. The van der Waals surface area contributed by atoms with Crippen LogP contribution < -0.4 is 0 Å². The Kier molecular flexibility index (Phi) is 5.13. The second-order valence-corrected chi connectivity index (χ2v) is 12.1. The zero-order valence-electron chi connectivity index (χ0n) is 22.8. The molecule has 2 aromatic heterocycles. The van der Waals surface area contributed by atoms with Crippen LogP contribution >= 0.6 is 11.3 Å². The van der Waals surface area contributed by atoms with Gasteiger partial charge in [-0.3, -0.25) is 0 Å². The van der Waals surface area contributed by atoms with Crippen LogP contribution in [0.3, 0.4) is 0 Å². The molecule has 1 nitrogen and oxygen atoms in total. The lowest BCUT2D eigenvalue weighted by molar-refractivity contribution is 1.18. The Morgan fingerprint density at radius 1 is 0.381 bits per heavy atom. The van der Waals surface area contributed by atoms with E-state index in [0.717, 1.165) is 0 Å². The first kappa shape index (κ1) is 23.5. The van der Waals surface area contributed by atoms with Crippen molar-refractivity contribution >= 4 is 64.1 Å². The molecule has 9 rings (SSSR count). The van der Waals surface area contributed by atoms with E-state index in [1.807, 2.05) is 11.3 Å². The molecule has 0 N–H and O–H groups in total. The number of hydrogen-bond donors (Lipinski definition) is 0. The molecule has 42 heavy (non-hydrogen) atoms. The van der Waals surface area contributed by atoms with Gasteiger partial charge in [0.25, 0.3) is 0 Å². The van der Waals surface area contributed by atoms with Crippen LogP contribution in [0.4, 0.5) is 0 Å². The van der Waals surface area contributed by atoms with E-state index in [1.165, 1.54) is 80.7 Å². The van der Waals surface area contributed by atoms with Crippen LogP contribution in [0.5, 0.6) is 0 Å². The lowest BCUT2D eigenvalue weighted by Gasteiger charge is -2.09. The maximum atomic E-state index is 2.40. The minimum absolute atomic E-state index is 1.18. The third kappa shape index (κ3) is 3.56. The minimum atomic E-state index is 1.18. The summed E-state index contributed by atoms with van der Waals surface area (Å²) in [6.07, 6.45) is 0. The van der Waals surface area contributed by atoms with Crippen molar-refractivity contribution in [3.05, 3.63) is 152 Å². The summed E-state index contributed by atoms with van der Waals surface area (Å²) in [5.41, 5.74) is 8.59. The van der Waals surface area contributed by atoms with Crippen LogP contribution in [0.25, 0.3) is 80.7 Å². The fraction of sp³-hybridized carbons (Fsp3) is 0. The molecule has 0 radical (unpaired) electrons. The fourth-order valence-electron chi connectivity index (χ4n) is 6.59. The van der Waals surface area contributed by atoms with Gasteiger partial charge < -0.3 is 4.57 Å². The monoisotopic (exact) mass is 551 g/mol. The number of nitrogens with zero attached hydrogens (tertiary/aromatic N) is 1. The van der Waals surface area contributed by atoms with Gasteiger partial charge in [-0.05, 0) is 81.6 Å². The molecule has 0 aliphatic carbocycles. The molecule has 0 saturated carbocycles. The molecule has 0 aliphatic heterocycles. The molecule has 2 heterocycles. The summed E-state index contributed by atoms with van der Waals surface area (Å²) >= 11 is 1.87. The Labute approximate surface area is 247 Å². The average Bonchev–Trinajstić information content (AvgIpc) is 3.60. The van der Waals surface area contributed by atoms with Crippen molar-refractivity contribution in [2.45, 2.75) is 0 Å². The fourth-order valence-corrected chi connectivity index (χ4v) is 7.67. The van der Waals surface area contributed by atoms with E-state index in [0.29, 0.717) is 0 Å². The van der Waals surface area contributed by atoms with Gasteiger partial charge in [-0.1, -0.05) is 103 Å². The average molecular weight is 552 g/mol. The first-order valence-electron chi connectivity index (χ1n) is 14.4. The lowest BCUT2D eigenvalue weighted by atomic mass is 9.97. The number of fused-ring (bicyclic) bond motifs is 8. The highest BCUT2D eigenvalue weighted by Gasteiger charge is 2.16. The molecular formula is C40H25NS. The van der Waals surface area contributed by atoms with Crippen LogP contribution in [0.1, 0.15) is 0 Å². The van der Waals surface area contributed by atoms with Crippen molar-refractivity contribution in [3.63, 3.8) is 0 Å². The third-order valence-corrected chi connectivity index (χ3v) is 9.75. The lowest BCUT2D eigenvalue weighted by Crippen LogP contribution is -1.93. The number of rotatable bonds is 3. The molecule has 0 amide bonds. The highest BCUT2D eigenvalue weighted by atomic mass is 32.1. The number of hydrogen-bond acceptors (Lipinski definition) is 1. The minimum Gasteiger partial charge on any atom is -0.309 e. The van der Waals surface area contributed by atoms with E-state index in [-0.39, 0.29) is 0 Å². The zero-order chi connectivity index (χ0) is 27.6.